The summed E-state index contributed by atoms with van der Waals surface area (Å²) >= 11 is 3.36. The zero-order valence-electron chi connectivity index (χ0n) is 18.8. The van der Waals surface area contributed by atoms with Crippen molar-refractivity contribution in [2.45, 2.75) is 58.3 Å². The molecular weight excluding hydrogens is 472 g/mol. The van der Waals surface area contributed by atoms with E-state index in [0.29, 0.717) is 12.4 Å². The molecule has 0 N–H and O–H groups in total. The van der Waals surface area contributed by atoms with Gasteiger partial charge in [0, 0.05) is 4.47 Å². The molecular formula is C26H33BrO5. The van der Waals surface area contributed by atoms with Crippen molar-refractivity contribution >= 4 is 27.9 Å². The van der Waals surface area contributed by atoms with Crippen LogP contribution in [0.2, 0.25) is 0 Å². The number of halogens is 1. The van der Waals surface area contributed by atoms with Gasteiger partial charge in [-0.2, -0.15) is 0 Å². The van der Waals surface area contributed by atoms with Crippen LogP contribution in [0.5, 0.6) is 5.75 Å². The summed E-state index contributed by atoms with van der Waals surface area (Å²) in [6.07, 6.45) is 9.40. The molecule has 0 aliphatic heterocycles. The summed E-state index contributed by atoms with van der Waals surface area (Å²) in [6.45, 7) is 2.87. The number of benzene rings is 2. The molecule has 2 rings (SSSR count). The van der Waals surface area contributed by atoms with E-state index in [4.69, 9.17) is 14.2 Å². The van der Waals surface area contributed by atoms with E-state index in [1.54, 1.807) is 24.3 Å². The van der Waals surface area contributed by atoms with E-state index >= 15 is 0 Å². The third-order valence-corrected chi connectivity index (χ3v) is 5.53. The van der Waals surface area contributed by atoms with Gasteiger partial charge in [0.1, 0.15) is 19.0 Å². The number of ether oxygens (including phenoxy) is 3. The summed E-state index contributed by atoms with van der Waals surface area (Å²) in [5, 5.41) is 0. The predicted molar refractivity (Wildman–Crippen MR) is 129 cm³/mol. The van der Waals surface area contributed by atoms with E-state index in [2.05, 4.69) is 22.9 Å². The minimum Gasteiger partial charge on any atom is -0.490 e. The van der Waals surface area contributed by atoms with Crippen LogP contribution >= 0.6 is 15.9 Å². The summed E-state index contributed by atoms with van der Waals surface area (Å²) in [4.78, 5) is 24.9. The minimum atomic E-state index is -0.566. The maximum atomic E-state index is 12.5. The van der Waals surface area contributed by atoms with Crippen molar-refractivity contribution < 1.29 is 23.8 Å². The van der Waals surface area contributed by atoms with Crippen LogP contribution < -0.4 is 4.74 Å². The Labute approximate surface area is 199 Å². The first-order valence-corrected chi connectivity index (χ1v) is 12.2. The summed E-state index contributed by atoms with van der Waals surface area (Å²) in [5.74, 6) is -0.371. The van der Waals surface area contributed by atoms with Crippen LogP contribution in [-0.2, 0) is 9.47 Å². The molecule has 5 nitrogen and oxygen atoms in total. The Kier molecular flexibility index (Phi) is 12.5. The molecule has 0 atom stereocenters. The molecule has 0 unspecified atom stereocenters. The van der Waals surface area contributed by atoms with Gasteiger partial charge in [0.05, 0.1) is 17.7 Å². The first-order chi connectivity index (χ1) is 15.6. The molecule has 6 heteroatoms. The third kappa shape index (κ3) is 9.86. The lowest BCUT2D eigenvalue weighted by molar-refractivity contribution is 0.0422. The largest absolute Gasteiger partial charge is 0.490 e. The number of esters is 2. The van der Waals surface area contributed by atoms with Gasteiger partial charge >= 0.3 is 11.9 Å². The van der Waals surface area contributed by atoms with E-state index in [0.717, 1.165) is 23.7 Å². The Balaban J connectivity index is 1.70. The van der Waals surface area contributed by atoms with Crippen molar-refractivity contribution in [3.05, 3.63) is 64.1 Å². The smallest absolute Gasteiger partial charge is 0.339 e. The molecule has 0 aliphatic rings. The number of hydrogen-bond donors (Lipinski definition) is 0. The van der Waals surface area contributed by atoms with Gasteiger partial charge in [-0.1, -0.05) is 79.9 Å². The highest BCUT2D eigenvalue weighted by atomic mass is 79.9. The molecule has 174 valence electrons. The zero-order chi connectivity index (χ0) is 23.0. The number of carbonyl (C=O) groups is 2. The van der Waals surface area contributed by atoms with Gasteiger partial charge in [0.15, 0.2) is 0 Å². The Bertz CT molecular complexity index is 819. The fourth-order valence-corrected chi connectivity index (χ4v) is 3.48. The van der Waals surface area contributed by atoms with Gasteiger partial charge in [0.2, 0.25) is 0 Å². The van der Waals surface area contributed by atoms with Crippen molar-refractivity contribution in [2.24, 2.45) is 0 Å². The third-order valence-electron chi connectivity index (χ3n) is 5.00. The van der Waals surface area contributed by atoms with Crippen LogP contribution in [0, 0.1) is 0 Å². The summed E-state index contributed by atoms with van der Waals surface area (Å²) in [6, 6.07) is 14.0. The topological polar surface area (TPSA) is 61.8 Å². The standard InChI is InChI=1S/C26H33BrO5/c1-2-3-4-5-6-7-8-11-18-31-25(28)23-12-9-10-13-24(23)26(29)32-20-19-30-22-16-14-21(27)15-17-22/h9-10,12-17H,2-8,11,18-20H2,1H3. The summed E-state index contributed by atoms with van der Waals surface area (Å²) in [5.41, 5.74) is 0.433. The van der Waals surface area contributed by atoms with Gasteiger partial charge < -0.3 is 14.2 Å². The fourth-order valence-electron chi connectivity index (χ4n) is 3.22. The highest BCUT2D eigenvalue weighted by Gasteiger charge is 2.18. The van der Waals surface area contributed by atoms with E-state index in [9.17, 15) is 9.59 Å². The Morgan fingerprint density at radius 2 is 1.22 bits per heavy atom. The van der Waals surface area contributed by atoms with Crippen molar-refractivity contribution in [1.82, 2.24) is 0 Å². The Hall–Kier alpha value is -2.34. The van der Waals surface area contributed by atoms with Gasteiger partial charge in [-0.3, -0.25) is 0 Å². The van der Waals surface area contributed by atoms with E-state index in [1.807, 2.05) is 24.3 Å². The SMILES string of the molecule is CCCCCCCCCCOC(=O)c1ccccc1C(=O)OCCOc1ccc(Br)cc1. The van der Waals surface area contributed by atoms with Gasteiger partial charge in [-0.25, -0.2) is 9.59 Å². The highest BCUT2D eigenvalue weighted by Crippen LogP contribution is 2.16. The van der Waals surface area contributed by atoms with Crippen LogP contribution in [0.25, 0.3) is 0 Å². The number of hydrogen-bond acceptors (Lipinski definition) is 5. The van der Waals surface area contributed by atoms with Crippen molar-refractivity contribution in [1.29, 1.82) is 0 Å². The van der Waals surface area contributed by atoms with E-state index in [-0.39, 0.29) is 24.3 Å². The van der Waals surface area contributed by atoms with Crippen LogP contribution in [0.3, 0.4) is 0 Å². The molecule has 0 fully saturated rings. The minimum absolute atomic E-state index is 0.0799. The van der Waals surface area contributed by atoms with E-state index < -0.39 is 11.9 Å². The van der Waals surface area contributed by atoms with Gasteiger partial charge in [-0.15, -0.1) is 0 Å². The predicted octanol–water partition coefficient (Wildman–Crippen LogP) is 6.98. The quantitative estimate of drug-likeness (QED) is 0.193. The second kappa shape index (κ2) is 15.5. The van der Waals surface area contributed by atoms with Crippen molar-refractivity contribution in [3.63, 3.8) is 0 Å². The molecule has 0 amide bonds. The first-order valence-electron chi connectivity index (χ1n) is 11.4. The monoisotopic (exact) mass is 504 g/mol. The molecule has 0 radical (unpaired) electrons. The molecule has 0 saturated heterocycles. The molecule has 2 aromatic rings. The maximum Gasteiger partial charge on any atom is 0.339 e. The van der Waals surface area contributed by atoms with Crippen LogP contribution in [0.15, 0.2) is 53.0 Å². The summed E-state index contributed by atoms with van der Waals surface area (Å²) in [7, 11) is 0. The fraction of sp³-hybridized carbons (Fsp3) is 0.462. The molecule has 32 heavy (non-hydrogen) atoms. The zero-order valence-corrected chi connectivity index (χ0v) is 20.4. The Morgan fingerprint density at radius 1 is 0.688 bits per heavy atom. The van der Waals surface area contributed by atoms with Crippen molar-refractivity contribution in [3.8, 4) is 5.75 Å². The maximum absolute atomic E-state index is 12.5. The lowest BCUT2D eigenvalue weighted by atomic mass is 10.1. The highest BCUT2D eigenvalue weighted by molar-refractivity contribution is 9.10. The molecule has 2 aromatic carbocycles. The summed E-state index contributed by atoms with van der Waals surface area (Å²) < 4.78 is 17.2. The number of unbranched alkanes of at least 4 members (excludes halogenated alkanes) is 7. The lowest BCUT2D eigenvalue weighted by Gasteiger charge is -2.10. The Morgan fingerprint density at radius 3 is 1.81 bits per heavy atom. The van der Waals surface area contributed by atoms with E-state index in [1.165, 1.54) is 32.1 Å². The molecule has 0 heterocycles. The molecule has 0 bridgehead atoms. The number of rotatable bonds is 15. The molecule has 0 aliphatic carbocycles. The van der Waals surface area contributed by atoms with Gasteiger partial charge in [-0.05, 0) is 42.8 Å². The second-order valence-electron chi connectivity index (χ2n) is 7.59. The average Bonchev–Trinajstić information content (AvgIpc) is 2.81. The van der Waals surface area contributed by atoms with Crippen LogP contribution in [0.4, 0.5) is 0 Å². The molecule has 0 spiro atoms. The average molecular weight is 505 g/mol. The van der Waals surface area contributed by atoms with Gasteiger partial charge in [0.25, 0.3) is 0 Å². The van der Waals surface area contributed by atoms with Crippen LogP contribution in [0.1, 0.15) is 79.0 Å². The lowest BCUT2D eigenvalue weighted by Crippen LogP contribution is -2.17. The second-order valence-corrected chi connectivity index (χ2v) is 8.51. The first kappa shape index (κ1) is 25.9. The molecule has 0 saturated carbocycles. The van der Waals surface area contributed by atoms with Crippen LogP contribution in [-0.4, -0.2) is 31.8 Å². The number of carbonyl (C=O) groups excluding carboxylic acids is 2. The van der Waals surface area contributed by atoms with Crippen molar-refractivity contribution in [2.75, 3.05) is 19.8 Å². The molecule has 0 aromatic heterocycles. The normalized spacial score (nSPS) is 10.6.